The predicted molar refractivity (Wildman–Crippen MR) is 119 cm³/mol. The zero-order chi connectivity index (χ0) is 21.5. The average molecular weight is 421 g/mol. The number of aliphatic imine (C=N–C) groups is 1. The maximum Gasteiger partial charge on any atom is 0.239 e. The van der Waals surface area contributed by atoms with Crippen molar-refractivity contribution in [3.63, 3.8) is 0 Å². The third-order valence-corrected chi connectivity index (χ3v) is 6.77. The van der Waals surface area contributed by atoms with Gasteiger partial charge in [0.15, 0.2) is 5.96 Å². The molecule has 2 saturated heterocycles. The second-order valence-electron chi connectivity index (χ2n) is 9.17. The monoisotopic (exact) mass is 420 g/mol. The van der Waals surface area contributed by atoms with E-state index in [1.165, 1.54) is 12.8 Å². The number of likely N-dealkylation sites (tertiary alicyclic amines) is 2. The summed E-state index contributed by atoms with van der Waals surface area (Å²) >= 11 is 0. The van der Waals surface area contributed by atoms with E-state index >= 15 is 0 Å². The van der Waals surface area contributed by atoms with Gasteiger partial charge in [-0.2, -0.15) is 0 Å². The fraction of sp³-hybridized carbons (Fsp3) is 0.864. The van der Waals surface area contributed by atoms with Crippen molar-refractivity contribution in [2.75, 3.05) is 53.9 Å². The van der Waals surface area contributed by atoms with Crippen LogP contribution in [-0.4, -0.2) is 98.4 Å². The van der Waals surface area contributed by atoms with E-state index in [0.717, 1.165) is 77.2 Å². The number of rotatable bonds is 7. The van der Waals surface area contributed by atoms with E-state index in [1.807, 2.05) is 19.0 Å². The number of carbonyl (C=O) groups is 2. The quantitative estimate of drug-likeness (QED) is 0.363. The van der Waals surface area contributed by atoms with Crippen molar-refractivity contribution in [3.8, 4) is 0 Å². The van der Waals surface area contributed by atoms with E-state index in [1.54, 1.807) is 11.9 Å². The summed E-state index contributed by atoms with van der Waals surface area (Å²) in [7, 11) is 5.46. The van der Waals surface area contributed by atoms with Crippen LogP contribution in [0.1, 0.15) is 51.4 Å². The Morgan fingerprint density at radius 2 is 1.83 bits per heavy atom. The molecule has 2 aliphatic heterocycles. The van der Waals surface area contributed by atoms with Gasteiger partial charge in [0.1, 0.15) is 0 Å². The van der Waals surface area contributed by atoms with Gasteiger partial charge in [0.25, 0.3) is 0 Å². The lowest BCUT2D eigenvalue weighted by atomic mass is 10.1. The van der Waals surface area contributed by atoms with Gasteiger partial charge in [0.2, 0.25) is 11.8 Å². The first-order chi connectivity index (χ1) is 14.5. The standard InChI is InChI=1S/C22H40N6O2/c1-23-22(24-12-7-14-27-13-6-10-19(27)21(30)26(2)3)25-18-11-15-28(16-18)20(29)17-8-4-5-9-17/h17-19H,4-16H2,1-3H3,(H2,23,24,25). The molecule has 2 atom stereocenters. The number of carbonyl (C=O) groups excluding carboxylic acids is 2. The normalized spacial score (nSPS) is 25.7. The molecule has 0 spiro atoms. The Labute approximate surface area is 181 Å². The molecule has 30 heavy (non-hydrogen) atoms. The van der Waals surface area contributed by atoms with E-state index in [9.17, 15) is 9.59 Å². The molecule has 0 aromatic heterocycles. The molecule has 0 aromatic carbocycles. The van der Waals surface area contributed by atoms with Crippen LogP contribution < -0.4 is 10.6 Å². The first-order valence-electron chi connectivity index (χ1n) is 11.7. The Kier molecular flexibility index (Phi) is 8.36. The molecular formula is C22H40N6O2. The SMILES string of the molecule is CN=C(NCCCN1CCCC1C(=O)N(C)C)NC1CCN(C(=O)C2CCCC2)C1. The fourth-order valence-corrected chi connectivity index (χ4v) is 5.06. The Bertz CT molecular complexity index is 617. The van der Waals surface area contributed by atoms with Gasteiger partial charge in [0, 0.05) is 59.3 Å². The summed E-state index contributed by atoms with van der Waals surface area (Å²) < 4.78 is 0. The van der Waals surface area contributed by atoms with Crippen molar-refractivity contribution in [3.05, 3.63) is 0 Å². The topological polar surface area (TPSA) is 80.3 Å². The third kappa shape index (κ3) is 5.86. The van der Waals surface area contributed by atoms with Crippen LogP contribution in [0, 0.1) is 5.92 Å². The highest BCUT2D eigenvalue weighted by Crippen LogP contribution is 2.27. The Morgan fingerprint density at radius 1 is 1.07 bits per heavy atom. The van der Waals surface area contributed by atoms with E-state index in [0.29, 0.717) is 5.91 Å². The Balaban J connectivity index is 1.35. The van der Waals surface area contributed by atoms with Crippen LogP contribution in [0.5, 0.6) is 0 Å². The molecule has 3 rings (SSSR count). The second-order valence-corrected chi connectivity index (χ2v) is 9.17. The van der Waals surface area contributed by atoms with E-state index < -0.39 is 0 Å². The Hall–Kier alpha value is -1.83. The lowest BCUT2D eigenvalue weighted by molar-refractivity contribution is -0.134. The molecule has 1 saturated carbocycles. The summed E-state index contributed by atoms with van der Waals surface area (Å²) in [5, 5.41) is 6.88. The van der Waals surface area contributed by atoms with Crippen molar-refractivity contribution in [1.29, 1.82) is 0 Å². The number of hydrogen-bond acceptors (Lipinski definition) is 4. The zero-order valence-corrected chi connectivity index (χ0v) is 19.0. The molecule has 170 valence electrons. The molecule has 3 fully saturated rings. The van der Waals surface area contributed by atoms with Crippen LogP contribution in [0.2, 0.25) is 0 Å². The lowest BCUT2D eigenvalue weighted by Crippen LogP contribution is -2.46. The zero-order valence-electron chi connectivity index (χ0n) is 19.0. The van der Waals surface area contributed by atoms with Gasteiger partial charge >= 0.3 is 0 Å². The summed E-state index contributed by atoms with van der Waals surface area (Å²) in [4.78, 5) is 35.3. The van der Waals surface area contributed by atoms with Gasteiger partial charge in [-0.15, -0.1) is 0 Å². The predicted octanol–water partition coefficient (Wildman–Crippen LogP) is 0.885. The molecule has 0 radical (unpaired) electrons. The van der Waals surface area contributed by atoms with E-state index in [2.05, 4.69) is 20.5 Å². The molecule has 0 aromatic rings. The van der Waals surface area contributed by atoms with Crippen LogP contribution in [-0.2, 0) is 9.59 Å². The number of amides is 2. The van der Waals surface area contributed by atoms with Crippen molar-refractivity contribution in [2.24, 2.45) is 10.9 Å². The van der Waals surface area contributed by atoms with Crippen molar-refractivity contribution in [2.45, 2.75) is 63.5 Å². The van der Waals surface area contributed by atoms with Crippen LogP contribution in [0.25, 0.3) is 0 Å². The number of hydrogen-bond donors (Lipinski definition) is 2. The van der Waals surface area contributed by atoms with Crippen molar-refractivity contribution >= 4 is 17.8 Å². The second kappa shape index (κ2) is 11.0. The van der Waals surface area contributed by atoms with Crippen molar-refractivity contribution in [1.82, 2.24) is 25.3 Å². The maximum atomic E-state index is 12.6. The molecule has 2 heterocycles. The number of nitrogens with zero attached hydrogens (tertiary/aromatic N) is 4. The molecule has 0 bridgehead atoms. The highest BCUT2D eigenvalue weighted by molar-refractivity contribution is 5.82. The lowest BCUT2D eigenvalue weighted by Gasteiger charge is -2.26. The largest absolute Gasteiger partial charge is 0.356 e. The van der Waals surface area contributed by atoms with Crippen molar-refractivity contribution < 1.29 is 9.59 Å². The molecule has 2 unspecified atom stereocenters. The number of guanidine groups is 1. The number of likely N-dealkylation sites (N-methyl/N-ethyl adjacent to an activating group) is 1. The summed E-state index contributed by atoms with van der Waals surface area (Å²) in [6.07, 6.45) is 8.53. The molecule has 2 N–H and O–H groups in total. The molecule has 8 nitrogen and oxygen atoms in total. The highest BCUT2D eigenvalue weighted by Gasteiger charge is 2.33. The first kappa shape index (κ1) is 22.8. The van der Waals surface area contributed by atoms with Crippen LogP contribution in [0.15, 0.2) is 4.99 Å². The van der Waals surface area contributed by atoms with Gasteiger partial charge < -0.3 is 20.4 Å². The summed E-state index contributed by atoms with van der Waals surface area (Å²) in [6.45, 7) is 4.36. The Morgan fingerprint density at radius 3 is 2.53 bits per heavy atom. The summed E-state index contributed by atoms with van der Waals surface area (Å²) in [5.41, 5.74) is 0. The van der Waals surface area contributed by atoms with Gasteiger partial charge in [-0.05, 0) is 45.1 Å². The van der Waals surface area contributed by atoms with Crippen LogP contribution >= 0.6 is 0 Å². The fourth-order valence-electron chi connectivity index (χ4n) is 5.06. The average Bonchev–Trinajstić information content (AvgIpc) is 3.50. The van der Waals surface area contributed by atoms with Gasteiger partial charge in [-0.1, -0.05) is 12.8 Å². The van der Waals surface area contributed by atoms with Gasteiger partial charge in [0.05, 0.1) is 6.04 Å². The van der Waals surface area contributed by atoms with Gasteiger partial charge in [-0.3, -0.25) is 19.5 Å². The van der Waals surface area contributed by atoms with E-state index in [4.69, 9.17) is 0 Å². The van der Waals surface area contributed by atoms with Crippen LogP contribution in [0.3, 0.4) is 0 Å². The third-order valence-electron chi connectivity index (χ3n) is 6.77. The molecule has 8 heteroatoms. The molecule has 1 aliphatic carbocycles. The first-order valence-corrected chi connectivity index (χ1v) is 11.7. The minimum absolute atomic E-state index is 0.0410. The maximum absolute atomic E-state index is 12.6. The molecule has 3 aliphatic rings. The number of nitrogens with one attached hydrogen (secondary N) is 2. The van der Waals surface area contributed by atoms with Crippen LogP contribution in [0.4, 0.5) is 0 Å². The molecular weight excluding hydrogens is 380 g/mol. The minimum atomic E-state index is 0.0410. The minimum Gasteiger partial charge on any atom is -0.356 e. The highest BCUT2D eigenvalue weighted by atomic mass is 16.2. The summed E-state index contributed by atoms with van der Waals surface area (Å²) in [6, 6.07) is 0.307. The van der Waals surface area contributed by atoms with E-state index in [-0.39, 0.29) is 23.9 Å². The summed E-state index contributed by atoms with van der Waals surface area (Å²) in [5.74, 6) is 1.63. The van der Waals surface area contributed by atoms with Gasteiger partial charge in [-0.25, -0.2) is 0 Å². The smallest absolute Gasteiger partial charge is 0.239 e. The molecule has 2 amide bonds.